The average molecular weight is 248 g/mol. The Morgan fingerprint density at radius 2 is 1.67 bits per heavy atom. The Balaban J connectivity index is 1.98. The molecule has 0 amide bonds. The van der Waals surface area contributed by atoms with Crippen molar-refractivity contribution in [3.8, 4) is 0 Å². The molecule has 3 heteroatoms. The number of hydrogen-bond donors (Lipinski definition) is 1. The minimum atomic E-state index is -0.323. The van der Waals surface area contributed by atoms with Crippen LogP contribution in [0.5, 0.6) is 0 Å². The summed E-state index contributed by atoms with van der Waals surface area (Å²) in [5.41, 5.74) is 2.30. The van der Waals surface area contributed by atoms with Crippen LogP contribution in [-0.4, -0.2) is 42.7 Å². The molecule has 1 saturated heterocycles. The number of rotatable bonds is 4. The van der Waals surface area contributed by atoms with E-state index in [1.54, 1.807) is 0 Å². The van der Waals surface area contributed by atoms with Gasteiger partial charge in [0, 0.05) is 31.9 Å². The SMILES string of the molecule is CC[C@@H](O)c1ccc(N2CCN(CC)CC2)cc1. The maximum atomic E-state index is 9.78. The first-order valence-corrected chi connectivity index (χ1v) is 7.00. The molecule has 1 aromatic rings. The van der Waals surface area contributed by atoms with Crippen molar-refractivity contribution >= 4 is 5.69 Å². The zero-order valence-corrected chi connectivity index (χ0v) is 11.5. The van der Waals surface area contributed by atoms with Gasteiger partial charge in [-0.25, -0.2) is 0 Å². The van der Waals surface area contributed by atoms with Crippen molar-refractivity contribution < 1.29 is 5.11 Å². The lowest BCUT2D eigenvalue weighted by Gasteiger charge is -2.35. The third-order valence-electron chi connectivity index (χ3n) is 3.85. The summed E-state index contributed by atoms with van der Waals surface area (Å²) in [5.74, 6) is 0. The number of piperazine rings is 1. The zero-order valence-electron chi connectivity index (χ0n) is 11.5. The molecule has 0 bridgehead atoms. The second-order valence-corrected chi connectivity index (χ2v) is 4.94. The van der Waals surface area contributed by atoms with E-state index in [9.17, 15) is 5.11 Å². The van der Waals surface area contributed by atoms with Crippen LogP contribution < -0.4 is 4.90 Å². The van der Waals surface area contributed by atoms with Crippen molar-refractivity contribution in [3.63, 3.8) is 0 Å². The molecule has 1 aliphatic heterocycles. The normalized spacial score (nSPS) is 18.9. The van der Waals surface area contributed by atoms with Crippen LogP contribution >= 0.6 is 0 Å². The van der Waals surface area contributed by atoms with Crippen molar-refractivity contribution in [2.24, 2.45) is 0 Å². The number of nitrogens with zero attached hydrogens (tertiary/aromatic N) is 2. The fraction of sp³-hybridized carbons (Fsp3) is 0.600. The molecule has 0 aromatic heterocycles. The quantitative estimate of drug-likeness (QED) is 0.885. The number of hydrogen-bond acceptors (Lipinski definition) is 3. The van der Waals surface area contributed by atoms with E-state index in [0.717, 1.165) is 44.7 Å². The Kier molecular flexibility index (Phi) is 4.61. The van der Waals surface area contributed by atoms with Gasteiger partial charge in [0.05, 0.1) is 6.10 Å². The second kappa shape index (κ2) is 6.21. The molecule has 18 heavy (non-hydrogen) atoms. The molecule has 0 radical (unpaired) electrons. The van der Waals surface area contributed by atoms with Gasteiger partial charge in [-0.2, -0.15) is 0 Å². The Morgan fingerprint density at radius 3 is 2.17 bits per heavy atom. The number of benzene rings is 1. The van der Waals surface area contributed by atoms with E-state index in [4.69, 9.17) is 0 Å². The number of aliphatic hydroxyl groups excluding tert-OH is 1. The molecular weight excluding hydrogens is 224 g/mol. The van der Waals surface area contributed by atoms with Crippen LogP contribution in [0.25, 0.3) is 0 Å². The van der Waals surface area contributed by atoms with Gasteiger partial charge in [0.1, 0.15) is 0 Å². The summed E-state index contributed by atoms with van der Waals surface area (Å²) < 4.78 is 0. The van der Waals surface area contributed by atoms with Gasteiger partial charge >= 0.3 is 0 Å². The number of likely N-dealkylation sites (N-methyl/N-ethyl adjacent to an activating group) is 1. The maximum Gasteiger partial charge on any atom is 0.0787 e. The first-order chi connectivity index (χ1) is 8.74. The van der Waals surface area contributed by atoms with Crippen molar-refractivity contribution in [1.29, 1.82) is 0 Å². The van der Waals surface area contributed by atoms with Crippen molar-refractivity contribution in [2.75, 3.05) is 37.6 Å². The van der Waals surface area contributed by atoms with Gasteiger partial charge in [-0.3, -0.25) is 0 Å². The predicted octanol–water partition coefficient (Wildman–Crippen LogP) is 2.27. The Labute approximate surface area is 110 Å². The highest BCUT2D eigenvalue weighted by atomic mass is 16.3. The minimum absolute atomic E-state index is 0.323. The fourth-order valence-corrected chi connectivity index (χ4v) is 2.47. The highest BCUT2D eigenvalue weighted by Gasteiger charge is 2.15. The van der Waals surface area contributed by atoms with Gasteiger partial charge in [0.25, 0.3) is 0 Å². The van der Waals surface area contributed by atoms with Crippen molar-refractivity contribution in [1.82, 2.24) is 4.90 Å². The lowest BCUT2D eigenvalue weighted by Crippen LogP contribution is -2.46. The summed E-state index contributed by atoms with van der Waals surface area (Å²) >= 11 is 0. The van der Waals surface area contributed by atoms with E-state index in [-0.39, 0.29) is 6.10 Å². The summed E-state index contributed by atoms with van der Waals surface area (Å²) in [4.78, 5) is 4.90. The largest absolute Gasteiger partial charge is 0.388 e. The number of aliphatic hydroxyl groups is 1. The minimum Gasteiger partial charge on any atom is -0.388 e. The third-order valence-corrected chi connectivity index (χ3v) is 3.85. The first-order valence-electron chi connectivity index (χ1n) is 7.00. The number of anilines is 1. The zero-order chi connectivity index (χ0) is 13.0. The van der Waals surface area contributed by atoms with E-state index in [1.165, 1.54) is 5.69 Å². The monoisotopic (exact) mass is 248 g/mol. The lowest BCUT2D eigenvalue weighted by atomic mass is 10.1. The van der Waals surface area contributed by atoms with Crippen LogP contribution in [0.3, 0.4) is 0 Å². The Morgan fingerprint density at radius 1 is 1.06 bits per heavy atom. The predicted molar refractivity (Wildman–Crippen MR) is 76.0 cm³/mol. The molecule has 1 N–H and O–H groups in total. The standard InChI is InChI=1S/C15H24N2O/c1-3-15(18)13-5-7-14(8-6-13)17-11-9-16(4-2)10-12-17/h5-8,15,18H,3-4,9-12H2,1-2H3/t15-/m1/s1. The van der Waals surface area contributed by atoms with Gasteiger partial charge in [-0.15, -0.1) is 0 Å². The third kappa shape index (κ3) is 3.03. The summed E-state index contributed by atoms with van der Waals surface area (Å²) in [5, 5.41) is 9.78. The summed E-state index contributed by atoms with van der Waals surface area (Å²) in [7, 11) is 0. The fourth-order valence-electron chi connectivity index (χ4n) is 2.47. The Hall–Kier alpha value is -1.06. The molecule has 0 saturated carbocycles. The molecule has 0 unspecified atom stereocenters. The van der Waals surface area contributed by atoms with Crippen LogP contribution in [0.4, 0.5) is 5.69 Å². The summed E-state index contributed by atoms with van der Waals surface area (Å²) in [6.07, 6.45) is 0.449. The van der Waals surface area contributed by atoms with E-state index in [2.05, 4.69) is 41.0 Å². The molecule has 1 aliphatic rings. The van der Waals surface area contributed by atoms with E-state index in [0.29, 0.717) is 0 Å². The average Bonchev–Trinajstić information content (AvgIpc) is 2.47. The maximum absolute atomic E-state index is 9.78. The van der Waals surface area contributed by atoms with Gasteiger partial charge < -0.3 is 14.9 Å². The van der Waals surface area contributed by atoms with Crippen LogP contribution in [-0.2, 0) is 0 Å². The van der Waals surface area contributed by atoms with E-state index < -0.39 is 0 Å². The van der Waals surface area contributed by atoms with E-state index in [1.807, 2.05) is 6.92 Å². The summed E-state index contributed by atoms with van der Waals surface area (Å²) in [6.45, 7) is 9.87. The van der Waals surface area contributed by atoms with Crippen LogP contribution in [0.2, 0.25) is 0 Å². The second-order valence-electron chi connectivity index (χ2n) is 4.94. The van der Waals surface area contributed by atoms with Crippen LogP contribution in [0.15, 0.2) is 24.3 Å². The van der Waals surface area contributed by atoms with E-state index >= 15 is 0 Å². The van der Waals surface area contributed by atoms with Crippen molar-refractivity contribution in [3.05, 3.63) is 29.8 Å². The lowest BCUT2D eigenvalue weighted by molar-refractivity contribution is 0.173. The van der Waals surface area contributed by atoms with Gasteiger partial charge in [0.15, 0.2) is 0 Å². The smallest absolute Gasteiger partial charge is 0.0787 e. The Bertz CT molecular complexity index is 355. The highest BCUT2D eigenvalue weighted by Crippen LogP contribution is 2.21. The molecule has 3 nitrogen and oxygen atoms in total. The molecule has 1 heterocycles. The van der Waals surface area contributed by atoms with Gasteiger partial charge in [-0.05, 0) is 30.7 Å². The molecule has 2 rings (SSSR count). The first kappa shape index (κ1) is 13.4. The molecule has 100 valence electrons. The molecular formula is C15H24N2O. The van der Waals surface area contributed by atoms with Gasteiger partial charge in [-0.1, -0.05) is 26.0 Å². The van der Waals surface area contributed by atoms with Crippen molar-refractivity contribution in [2.45, 2.75) is 26.4 Å². The molecule has 1 atom stereocenters. The molecule has 0 aliphatic carbocycles. The topological polar surface area (TPSA) is 26.7 Å². The van der Waals surface area contributed by atoms with Gasteiger partial charge in [0.2, 0.25) is 0 Å². The highest BCUT2D eigenvalue weighted by molar-refractivity contribution is 5.48. The molecule has 1 fully saturated rings. The summed E-state index contributed by atoms with van der Waals surface area (Å²) in [6, 6.07) is 8.37. The van der Waals surface area contributed by atoms with Crippen LogP contribution in [0, 0.1) is 0 Å². The van der Waals surface area contributed by atoms with Crippen LogP contribution in [0.1, 0.15) is 31.9 Å². The molecule has 1 aromatic carbocycles. The molecule has 0 spiro atoms.